The molecule has 0 saturated carbocycles. The molecule has 0 aromatic rings. The normalized spacial score (nSPS) is 21.4. The van der Waals surface area contributed by atoms with Gasteiger partial charge >= 0.3 is 0 Å². The molecule has 4 heteroatoms. The molecule has 1 heterocycles. The average molecular weight is 218 g/mol. The summed E-state index contributed by atoms with van der Waals surface area (Å²) in [6.45, 7) is 8.24. The van der Waals surface area contributed by atoms with E-state index in [-0.39, 0.29) is 5.41 Å². The highest BCUT2D eigenvalue weighted by Crippen LogP contribution is 2.18. The van der Waals surface area contributed by atoms with Gasteiger partial charge in [0.2, 0.25) is 0 Å². The number of hydrogen-bond donors (Lipinski definition) is 1. The third-order valence-electron chi connectivity index (χ3n) is 2.93. The fourth-order valence-electron chi connectivity index (χ4n) is 1.46. The molecule has 0 aromatic heterocycles. The standard InChI is InChI=1S/C10H22N2OS/c1-10(2,9-11)3-4-12-5-7-14(13)8-6-12/h3-9,11H2,1-2H3. The molecule has 0 unspecified atom stereocenters. The molecule has 1 aliphatic rings. The topological polar surface area (TPSA) is 46.3 Å². The summed E-state index contributed by atoms with van der Waals surface area (Å²) in [5.41, 5.74) is 5.92. The largest absolute Gasteiger partial charge is 0.330 e. The number of nitrogens with two attached hydrogens (primary N) is 1. The monoisotopic (exact) mass is 218 g/mol. The maximum atomic E-state index is 11.1. The van der Waals surface area contributed by atoms with E-state index in [1.807, 2.05) is 0 Å². The van der Waals surface area contributed by atoms with Crippen molar-refractivity contribution in [3.63, 3.8) is 0 Å². The lowest BCUT2D eigenvalue weighted by Gasteiger charge is -2.30. The van der Waals surface area contributed by atoms with Crippen LogP contribution in [0.2, 0.25) is 0 Å². The van der Waals surface area contributed by atoms with Gasteiger partial charge in [-0.25, -0.2) is 0 Å². The van der Waals surface area contributed by atoms with Gasteiger partial charge in [0.15, 0.2) is 0 Å². The summed E-state index contributed by atoms with van der Waals surface area (Å²) >= 11 is 0. The van der Waals surface area contributed by atoms with Gasteiger partial charge in [0.1, 0.15) is 0 Å². The summed E-state index contributed by atoms with van der Waals surface area (Å²) < 4.78 is 11.1. The summed E-state index contributed by atoms with van der Waals surface area (Å²) in [5.74, 6) is 1.70. The molecule has 0 aromatic carbocycles. The first-order chi connectivity index (χ1) is 6.53. The molecule has 0 spiro atoms. The summed E-state index contributed by atoms with van der Waals surface area (Å²) in [5, 5.41) is 0. The van der Waals surface area contributed by atoms with E-state index in [0.29, 0.717) is 0 Å². The van der Waals surface area contributed by atoms with E-state index in [1.54, 1.807) is 0 Å². The molecule has 2 N–H and O–H groups in total. The first-order valence-corrected chi connectivity index (χ1v) is 6.80. The Bertz CT molecular complexity index is 196. The van der Waals surface area contributed by atoms with Crippen molar-refractivity contribution >= 4 is 10.8 Å². The molecule has 84 valence electrons. The van der Waals surface area contributed by atoms with Crippen molar-refractivity contribution in [2.24, 2.45) is 11.1 Å². The van der Waals surface area contributed by atoms with Gasteiger partial charge in [0, 0.05) is 35.4 Å². The zero-order valence-electron chi connectivity index (χ0n) is 9.29. The third kappa shape index (κ3) is 4.07. The number of rotatable bonds is 4. The van der Waals surface area contributed by atoms with Crippen LogP contribution in [-0.2, 0) is 10.8 Å². The number of hydrogen-bond acceptors (Lipinski definition) is 3. The van der Waals surface area contributed by atoms with Crippen molar-refractivity contribution < 1.29 is 4.21 Å². The number of nitrogens with zero attached hydrogens (tertiary/aromatic N) is 1. The predicted molar refractivity (Wildman–Crippen MR) is 61.8 cm³/mol. The van der Waals surface area contributed by atoms with E-state index >= 15 is 0 Å². The van der Waals surface area contributed by atoms with Crippen molar-refractivity contribution in [2.45, 2.75) is 20.3 Å². The molecule has 1 rings (SSSR count). The van der Waals surface area contributed by atoms with Crippen LogP contribution in [0.3, 0.4) is 0 Å². The van der Waals surface area contributed by atoms with E-state index in [9.17, 15) is 4.21 Å². The Morgan fingerprint density at radius 1 is 1.36 bits per heavy atom. The van der Waals surface area contributed by atoms with Crippen LogP contribution in [0.5, 0.6) is 0 Å². The Morgan fingerprint density at radius 3 is 2.43 bits per heavy atom. The van der Waals surface area contributed by atoms with E-state index < -0.39 is 10.8 Å². The molecule has 0 amide bonds. The summed E-state index contributed by atoms with van der Waals surface area (Å²) in [6, 6.07) is 0. The zero-order chi connectivity index (χ0) is 10.6. The molecule has 1 fully saturated rings. The Hall–Kier alpha value is 0.0700. The van der Waals surface area contributed by atoms with Gasteiger partial charge in [0.25, 0.3) is 0 Å². The highest BCUT2D eigenvalue weighted by Gasteiger charge is 2.19. The summed E-state index contributed by atoms with van der Waals surface area (Å²) in [7, 11) is -0.554. The van der Waals surface area contributed by atoms with Gasteiger partial charge in [-0.2, -0.15) is 0 Å². The van der Waals surface area contributed by atoms with Gasteiger partial charge in [-0.3, -0.25) is 4.21 Å². The average Bonchev–Trinajstić information content (AvgIpc) is 2.17. The van der Waals surface area contributed by atoms with E-state index in [1.165, 1.54) is 0 Å². The SMILES string of the molecule is CC(C)(CN)CCN1CCS(=O)CC1. The summed E-state index contributed by atoms with van der Waals surface area (Å²) in [6.07, 6.45) is 1.14. The Balaban J connectivity index is 2.22. The maximum absolute atomic E-state index is 11.1. The fourth-order valence-corrected chi connectivity index (χ4v) is 2.59. The second kappa shape index (κ2) is 5.24. The molecule has 3 nitrogen and oxygen atoms in total. The molecule has 0 radical (unpaired) electrons. The van der Waals surface area contributed by atoms with Crippen LogP contribution in [0, 0.1) is 5.41 Å². The van der Waals surface area contributed by atoms with E-state index in [0.717, 1.165) is 44.1 Å². The Morgan fingerprint density at radius 2 is 1.93 bits per heavy atom. The van der Waals surface area contributed by atoms with Crippen molar-refractivity contribution in [1.82, 2.24) is 4.90 Å². The molecule has 0 atom stereocenters. The Kier molecular flexibility index (Phi) is 4.54. The van der Waals surface area contributed by atoms with Gasteiger partial charge < -0.3 is 10.6 Å². The highest BCUT2D eigenvalue weighted by molar-refractivity contribution is 7.85. The second-order valence-corrected chi connectivity index (χ2v) is 6.50. The van der Waals surface area contributed by atoms with Gasteiger partial charge in [-0.05, 0) is 24.9 Å². The molecule has 1 aliphatic heterocycles. The van der Waals surface area contributed by atoms with Crippen LogP contribution >= 0.6 is 0 Å². The predicted octanol–water partition coefficient (Wildman–Crippen LogP) is 0.426. The summed E-state index contributed by atoms with van der Waals surface area (Å²) in [4.78, 5) is 2.40. The van der Waals surface area contributed by atoms with E-state index in [2.05, 4.69) is 18.7 Å². The molecule has 0 aliphatic carbocycles. The second-order valence-electron chi connectivity index (χ2n) is 4.81. The van der Waals surface area contributed by atoms with Crippen molar-refractivity contribution in [3.8, 4) is 0 Å². The van der Waals surface area contributed by atoms with Gasteiger partial charge in [0.05, 0.1) is 0 Å². The van der Waals surface area contributed by atoms with E-state index in [4.69, 9.17) is 5.73 Å². The Labute approximate surface area is 89.5 Å². The maximum Gasteiger partial charge on any atom is 0.0363 e. The van der Waals surface area contributed by atoms with Gasteiger partial charge in [-0.1, -0.05) is 13.8 Å². The van der Waals surface area contributed by atoms with Crippen LogP contribution in [0.4, 0.5) is 0 Å². The highest BCUT2D eigenvalue weighted by atomic mass is 32.2. The lowest BCUT2D eigenvalue weighted by atomic mass is 9.89. The molecule has 14 heavy (non-hydrogen) atoms. The smallest absolute Gasteiger partial charge is 0.0363 e. The molecule has 0 bridgehead atoms. The van der Waals surface area contributed by atoms with Crippen LogP contribution in [0.15, 0.2) is 0 Å². The van der Waals surface area contributed by atoms with Crippen molar-refractivity contribution in [1.29, 1.82) is 0 Å². The molecule has 1 saturated heterocycles. The quantitative estimate of drug-likeness (QED) is 0.744. The third-order valence-corrected chi connectivity index (χ3v) is 4.20. The first-order valence-electron chi connectivity index (χ1n) is 5.31. The molecular weight excluding hydrogens is 196 g/mol. The molecular formula is C10H22N2OS. The lowest BCUT2D eigenvalue weighted by molar-refractivity contribution is 0.235. The van der Waals surface area contributed by atoms with Crippen LogP contribution in [0.1, 0.15) is 20.3 Å². The van der Waals surface area contributed by atoms with Gasteiger partial charge in [-0.15, -0.1) is 0 Å². The van der Waals surface area contributed by atoms with Crippen molar-refractivity contribution in [2.75, 3.05) is 37.7 Å². The van der Waals surface area contributed by atoms with Crippen molar-refractivity contribution in [3.05, 3.63) is 0 Å². The minimum Gasteiger partial charge on any atom is -0.330 e. The minimum atomic E-state index is -0.554. The zero-order valence-corrected chi connectivity index (χ0v) is 10.1. The first kappa shape index (κ1) is 12.1. The van der Waals surface area contributed by atoms with Crippen LogP contribution in [0.25, 0.3) is 0 Å². The lowest BCUT2D eigenvalue weighted by Crippen LogP contribution is -2.40. The fraction of sp³-hybridized carbons (Fsp3) is 1.00. The van der Waals surface area contributed by atoms with Crippen LogP contribution in [-0.4, -0.2) is 46.8 Å². The minimum absolute atomic E-state index is 0.247. The van der Waals surface area contributed by atoms with Crippen LogP contribution < -0.4 is 5.73 Å².